The van der Waals surface area contributed by atoms with Crippen molar-refractivity contribution in [3.63, 3.8) is 0 Å². The number of carbonyl (C=O) groups is 1. The standard InChI is InChI=1S/C12H15BrN4OS/c1-4-7-8(13)9(17-16-7)10(18)15-12(2,3)11-14-5-6-19-11/h5-6H,4H2,1-3H3,(H,15,18)(H,16,17). The molecule has 0 unspecified atom stereocenters. The average molecular weight is 343 g/mol. The first-order valence-corrected chi connectivity index (χ1v) is 7.58. The maximum absolute atomic E-state index is 12.3. The van der Waals surface area contributed by atoms with E-state index in [0.717, 1.165) is 21.6 Å². The van der Waals surface area contributed by atoms with Gasteiger partial charge in [0.05, 0.1) is 10.0 Å². The highest BCUT2D eigenvalue weighted by atomic mass is 79.9. The molecule has 19 heavy (non-hydrogen) atoms. The Hall–Kier alpha value is -1.21. The lowest BCUT2D eigenvalue weighted by atomic mass is 10.1. The highest BCUT2D eigenvalue weighted by Gasteiger charge is 2.28. The van der Waals surface area contributed by atoms with Crippen molar-refractivity contribution in [2.24, 2.45) is 0 Å². The van der Waals surface area contributed by atoms with Gasteiger partial charge < -0.3 is 5.32 Å². The van der Waals surface area contributed by atoms with Crippen LogP contribution in [-0.2, 0) is 12.0 Å². The first-order valence-electron chi connectivity index (χ1n) is 5.91. The minimum Gasteiger partial charge on any atom is -0.339 e. The Morgan fingerprint density at radius 1 is 1.58 bits per heavy atom. The van der Waals surface area contributed by atoms with Crippen LogP contribution in [0.3, 0.4) is 0 Å². The minimum absolute atomic E-state index is 0.219. The molecule has 7 heteroatoms. The molecule has 1 amide bonds. The van der Waals surface area contributed by atoms with Crippen LogP contribution < -0.4 is 5.32 Å². The SMILES string of the molecule is CCc1[nH]nc(C(=O)NC(C)(C)c2nccs2)c1Br. The van der Waals surface area contributed by atoms with E-state index in [1.807, 2.05) is 26.2 Å². The second-order valence-electron chi connectivity index (χ2n) is 4.63. The van der Waals surface area contributed by atoms with Gasteiger partial charge in [-0.3, -0.25) is 9.89 Å². The van der Waals surface area contributed by atoms with Crippen LogP contribution in [0.5, 0.6) is 0 Å². The molecule has 0 fully saturated rings. The molecular weight excluding hydrogens is 328 g/mol. The lowest BCUT2D eigenvalue weighted by molar-refractivity contribution is 0.0906. The number of H-pyrrole nitrogens is 1. The molecule has 2 N–H and O–H groups in total. The zero-order valence-electron chi connectivity index (χ0n) is 11.0. The van der Waals surface area contributed by atoms with Gasteiger partial charge in [0, 0.05) is 17.3 Å². The van der Waals surface area contributed by atoms with E-state index in [9.17, 15) is 4.79 Å². The predicted molar refractivity (Wildman–Crippen MR) is 78.3 cm³/mol. The maximum atomic E-state index is 12.3. The summed E-state index contributed by atoms with van der Waals surface area (Å²) in [4.78, 5) is 16.5. The molecule has 0 saturated carbocycles. The number of nitrogens with zero attached hydrogens (tertiary/aromatic N) is 2. The number of thiazole rings is 1. The van der Waals surface area contributed by atoms with E-state index in [0.29, 0.717) is 5.69 Å². The summed E-state index contributed by atoms with van der Waals surface area (Å²) in [6.45, 7) is 5.84. The van der Waals surface area contributed by atoms with Gasteiger partial charge in [-0.15, -0.1) is 11.3 Å². The fraction of sp³-hybridized carbons (Fsp3) is 0.417. The molecule has 0 spiro atoms. The molecule has 0 radical (unpaired) electrons. The van der Waals surface area contributed by atoms with Gasteiger partial charge in [-0.1, -0.05) is 6.92 Å². The molecule has 0 aromatic carbocycles. The number of aryl methyl sites for hydroxylation is 1. The normalized spacial score (nSPS) is 11.6. The van der Waals surface area contributed by atoms with E-state index < -0.39 is 5.54 Å². The third-order valence-corrected chi connectivity index (χ3v) is 4.69. The number of aromatic amines is 1. The molecule has 102 valence electrons. The van der Waals surface area contributed by atoms with Gasteiger partial charge in [-0.25, -0.2) is 4.98 Å². The summed E-state index contributed by atoms with van der Waals surface area (Å²) in [5.41, 5.74) is 0.773. The molecule has 2 rings (SSSR count). The summed E-state index contributed by atoms with van der Waals surface area (Å²) < 4.78 is 0.724. The number of hydrogen-bond donors (Lipinski definition) is 2. The quantitative estimate of drug-likeness (QED) is 0.897. The minimum atomic E-state index is -0.518. The van der Waals surface area contributed by atoms with Gasteiger partial charge in [0.15, 0.2) is 5.69 Å². The van der Waals surface area contributed by atoms with Crippen LogP contribution in [0.4, 0.5) is 0 Å². The van der Waals surface area contributed by atoms with Crippen molar-refractivity contribution in [1.82, 2.24) is 20.5 Å². The number of carbonyl (C=O) groups excluding carboxylic acids is 1. The number of hydrogen-bond acceptors (Lipinski definition) is 4. The number of nitrogens with one attached hydrogen (secondary N) is 2. The first kappa shape index (κ1) is 14.2. The van der Waals surface area contributed by atoms with E-state index in [2.05, 4.69) is 36.4 Å². The molecule has 0 bridgehead atoms. The van der Waals surface area contributed by atoms with E-state index in [1.54, 1.807) is 6.20 Å². The predicted octanol–water partition coefficient (Wildman–Crippen LogP) is 2.86. The topological polar surface area (TPSA) is 70.7 Å². The van der Waals surface area contributed by atoms with Gasteiger partial charge in [0.25, 0.3) is 5.91 Å². The molecule has 0 saturated heterocycles. The van der Waals surface area contributed by atoms with Crippen molar-refractivity contribution < 1.29 is 4.79 Å². The van der Waals surface area contributed by atoms with Crippen molar-refractivity contribution in [2.75, 3.05) is 0 Å². The third-order valence-electron chi connectivity index (χ3n) is 2.74. The molecule has 2 heterocycles. The molecule has 0 aliphatic carbocycles. The zero-order chi connectivity index (χ0) is 14.0. The van der Waals surface area contributed by atoms with Crippen molar-refractivity contribution in [3.05, 3.63) is 32.4 Å². The van der Waals surface area contributed by atoms with E-state index in [1.165, 1.54) is 11.3 Å². The van der Waals surface area contributed by atoms with E-state index in [4.69, 9.17) is 0 Å². The Bertz CT molecular complexity index is 577. The molecule has 0 aliphatic rings. The van der Waals surface area contributed by atoms with Gasteiger partial charge >= 0.3 is 0 Å². The van der Waals surface area contributed by atoms with Crippen molar-refractivity contribution in [1.29, 1.82) is 0 Å². The van der Waals surface area contributed by atoms with Gasteiger partial charge in [0.2, 0.25) is 0 Å². The Kier molecular flexibility index (Phi) is 4.05. The number of aromatic nitrogens is 3. The largest absolute Gasteiger partial charge is 0.339 e. The summed E-state index contributed by atoms with van der Waals surface area (Å²) in [7, 11) is 0. The second kappa shape index (κ2) is 5.42. The zero-order valence-corrected chi connectivity index (χ0v) is 13.4. The van der Waals surface area contributed by atoms with Crippen LogP contribution in [0.1, 0.15) is 42.0 Å². The summed E-state index contributed by atoms with van der Waals surface area (Å²) in [5, 5.41) is 12.6. The Morgan fingerprint density at radius 2 is 2.32 bits per heavy atom. The summed E-state index contributed by atoms with van der Waals surface area (Å²) >= 11 is 4.92. The summed E-state index contributed by atoms with van der Waals surface area (Å²) in [5.74, 6) is -0.219. The fourth-order valence-electron chi connectivity index (χ4n) is 1.68. The molecule has 0 atom stereocenters. The smallest absolute Gasteiger partial charge is 0.273 e. The second-order valence-corrected chi connectivity index (χ2v) is 6.32. The van der Waals surface area contributed by atoms with Crippen LogP contribution in [0.25, 0.3) is 0 Å². The molecule has 0 aliphatic heterocycles. The molecule has 5 nitrogen and oxygen atoms in total. The van der Waals surface area contributed by atoms with Crippen LogP contribution in [0.15, 0.2) is 16.0 Å². The monoisotopic (exact) mass is 342 g/mol. The number of halogens is 1. The molecule has 2 aromatic heterocycles. The lowest BCUT2D eigenvalue weighted by Crippen LogP contribution is -2.41. The van der Waals surface area contributed by atoms with Crippen LogP contribution in [-0.4, -0.2) is 21.1 Å². The van der Waals surface area contributed by atoms with Crippen molar-refractivity contribution in [2.45, 2.75) is 32.7 Å². The van der Waals surface area contributed by atoms with Gasteiger partial charge in [-0.05, 0) is 36.2 Å². The van der Waals surface area contributed by atoms with Crippen LogP contribution in [0, 0.1) is 0 Å². The highest BCUT2D eigenvalue weighted by Crippen LogP contribution is 2.24. The third kappa shape index (κ3) is 2.87. The Morgan fingerprint density at radius 3 is 2.84 bits per heavy atom. The fourth-order valence-corrected chi connectivity index (χ4v) is 3.03. The van der Waals surface area contributed by atoms with Crippen LogP contribution >= 0.6 is 27.3 Å². The van der Waals surface area contributed by atoms with Crippen molar-refractivity contribution >= 4 is 33.2 Å². The Balaban J connectivity index is 2.19. The van der Waals surface area contributed by atoms with E-state index >= 15 is 0 Å². The molecular formula is C12H15BrN4OS. The van der Waals surface area contributed by atoms with Gasteiger partial charge in [0.1, 0.15) is 5.01 Å². The highest BCUT2D eigenvalue weighted by molar-refractivity contribution is 9.10. The molecule has 2 aromatic rings. The lowest BCUT2D eigenvalue weighted by Gasteiger charge is -2.23. The Labute approximate surface area is 124 Å². The average Bonchev–Trinajstić information content (AvgIpc) is 2.97. The van der Waals surface area contributed by atoms with E-state index in [-0.39, 0.29) is 5.91 Å². The number of rotatable bonds is 4. The van der Waals surface area contributed by atoms with Crippen molar-refractivity contribution in [3.8, 4) is 0 Å². The number of amides is 1. The maximum Gasteiger partial charge on any atom is 0.273 e. The van der Waals surface area contributed by atoms with Crippen LogP contribution in [0.2, 0.25) is 0 Å². The van der Waals surface area contributed by atoms with Gasteiger partial charge in [-0.2, -0.15) is 5.10 Å². The summed E-state index contributed by atoms with van der Waals surface area (Å²) in [6, 6.07) is 0. The summed E-state index contributed by atoms with van der Waals surface area (Å²) in [6.07, 6.45) is 2.52. The first-order chi connectivity index (χ1) is 8.95.